The molecule has 0 bridgehead atoms. The third kappa shape index (κ3) is 6.08. The fourth-order valence-electron chi connectivity index (χ4n) is 3.34. The van der Waals surface area contributed by atoms with Crippen LogP contribution in [0.5, 0.6) is 0 Å². The van der Waals surface area contributed by atoms with E-state index in [1.807, 2.05) is 55.5 Å². The molecule has 1 heterocycles. The van der Waals surface area contributed by atoms with E-state index in [0.29, 0.717) is 6.54 Å². The number of methoxy groups -OCH3 is 1. The maximum absolute atomic E-state index is 12.6. The lowest BCUT2D eigenvalue weighted by Gasteiger charge is -2.38. The number of hydrogen-bond acceptors (Lipinski definition) is 5. The van der Waals surface area contributed by atoms with Crippen LogP contribution in [-0.2, 0) is 14.3 Å². The number of aliphatic imine (C=N–C) groups is 1. The Balaban J connectivity index is 2.08. The van der Waals surface area contributed by atoms with Gasteiger partial charge in [0.05, 0.1) is 13.2 Å². The molecule has 0 saturated carbocycles. The van der Waals surface area contributed by atoms with Crippen LogP contribution in [0.4, 0.5) is 4.79 Å². The summed E-state index contributed by atoms with van der Waals surface area (Å²) < 4.78 is 10.3. The number of piperidine rings is 1. The molecule has 1 fully saturated rings. The second-order valence-electron chi connectivity index (χ2n) is 6.45. The average molecular weight is 384 g/mol. The number of rotatable bonds is 7. The highest BCUT2D eigenvalue weighted by atomic mass is 16.6. The van der Waals surface area contributed by atoms with Gasteiger partial charge in [-0.05, 0) is 37.8 Å². The first-order chi connectivity index (χ1) is 13.7. The number of carbonyl (C=O) groups is 2. The molecule has 6 heteroatoms. The van der Waals surface area contributed by atoms with Gasteiger partial charge in [-0.25, -0.2) is 4.79 Å². The lowest BCUT2D eigenvalue weighted by Crippen LogP contribution is -2.49. The van der Waals surface area contributed by atoms with Crippen molar-refractivity contribution in [1.82, 2.24) is 4.90 Å². The maximum atomic E-state index is 12.6. The van der Waals surface area contributed by atoms with Gasteiger partial charge in [-0.3, -0.25) is 9.79 Å². The summed E-state index contributed by atoms with van der Waals surface area (Å²) in [6, 6.07) is 9.14. The topological polar surface area (TPSA) is 68.2 Å². The molecule has 2 rings (SSSR count). The van der Waals surface area contributed by atoms with Crippen LogP contribution in [0.15, 0.2) is 59.6 Å². The number of nitrogens with zero attached hydrogens (tertiary/aromatic N) is 2. The second-order valence-corrected chi connectivity index (χ2v) is 6.45. The number of ether oxygens (including phenoxy) is 2. The smallest absolute Gasteiger partial charge is 0.411 e. The van der Waals surface area contributed by atoms with Crippen molar-refractivity contribution in [1.29, 1.82) is 0 Å². The van der Waals surface area contributed by atoms with Gasteiger partial charge in [0.2, 0.25) is 0 Å². The zero-order valence-electron chi connectivity index (χ0n) is 16.5. The molecule has 0 spiro atoms. The van der Waals surface area contributed by atoms with Gasteiger partial charge in [-0.1, -0.05) is 48.6 Å². The number of amides is 1. The van der Waals surface area contributed by atoms with E-state index < -0.39 is 12.0 Å². The molecule has 1 saturated heterocycles. The Hall–Kier alpha value is -2.89. The van der Waals surface area contributed by atoms with Crippen LogP contribution in [0, 0.1) is 0 Å². The first kappa shape index (κ1) is 21.4. The van der Waals surface area contributed by atoms with E-state index in [2.05, 4.69) is 4.99 Å². The van der Waals surface area contributed by atoms with E-state index in [4.69, 9.17) is 9.47 Å². The van der Waals surface area contributed by atoms with E-state index in [1.165, 1.54) is 7.11 Å². The van der Waals surface area contributed by atoms with Crippen molar-refractivity contribution in [2.75, 3.05) is 20.4 Å². The largest absolute Gasteiger partial charge is 0.468 e. The fraction of sp³-hybridized carbons (Fsp3) is 0.409. The molecule has 2 atom stereocenters. The molecular formula is C22H28N2O4. The van der Waals surface area contributed by atoms with E-state index >= 15 is 0 Å². The van der Waals surface area contributed by atoms with Crippen molar-refractivity contribution in [2.45, 2.75) is 38.1 Å². The molecule has 150 valence electrons. The SMILES string of the molecule is C\C=C/C=C\C=N\COC(=O)N1CCCCC1C(C(=O)OC)c1ccccc1. The Morgan fingerprint density at radius 2 is 2.00 bits per heavy atom. The van der Waals surface area contributed by atoms with Crippen LogP contribution >= 0.6 is 0 Å². The Bertz CT molecular complexity index is 713. The summed E-state index contributed by atoms with van der Waals surface area (Å²) in [7, 11) is 1.37. The maximum Gasteiger partial charge on any atom is 0.411 e. The van der Waals surface area contributed by atoms with Crippen LogP contribution in [0.25, 0.3) is 0 Å². The highest BCUT2D eigenvalue weighted by Gasteiger charge is 2.39. The highest BCUT2D eigenvalue weighted by Crippen LogP contribution is 2.32. The molecule has 0 N–H and O–H groups in total. The quantitative estimate of drug-likeness (QED) is 0.403. The normalized spacial score (nSPS) is 18.6. The van der Waals surface area contributed by atoms with Gasteiger partial charge >= 0.3 is 12.1 Å². The summed E-state index contributed by atoms with van der Waals surface area (Å²) in [6.07, 6.45) is 11.1. The Labute approximate surface area is 166 Å². The van der Waals surface area contributed by atoms with Gasteiger partial charge in [-0.15, -0.1) is 0 Å². The summed E-state index contributed by atoms with van der Waals surface area (Å²) in [4.78, 5) is 30.9. The summed E-state index contributed by atoms with van der Waals surface area (Å²) >= 11 is 0. The minimum absolute atomic E-state index is 0.0591. The summed E-state index contributed by atoms with van der Waals surface area (Å²) in [5, 5.41) is 0. The van der Waals surface area contributed by atoms with Crippen molar-refractivity contribution in [3.05, 3.63) is 60.2 Å². The number of carbonyl (C=O) groups excluding carboxylic acids is 2. The number of likely N-dealkylation sites (tertiary alicyclic amines) is 1. The molecule has 28 heavy (non-hydrogen) atoms. The average Bonchev–Trinajstić information content (AvgIpc) is 2.74. The van der Waals surface area contributed by atoms with Crippen LogP contribution in [-0.4, -0.2) is 49.6 Å². The minimum Gasteiger partial charge on any atom is -0.468 e. The summed E-state index contributed by atoms with van der Waals surface area (Å²) in [6.45, 7) is 2.42. The lowest BCUT2D eigenvalue weighted by molar-refractivity contribution is -0.144. The third-order valence-electron chi connectivity index (χ3n) is 4.65. The Morgan fingerprint density at radius 1 is 1.21 bits per heavy atom. The monoisotopic (exact) mass is 384 g/mol. The molecule has 1 amide bonds. The number of allylic oxidation sites excluding steroid dienone is 4. The molecule has 0 radical (unpaired) electrons. The summed E-state index contributed by atoms with van der Waals surface area (Å²) in [5.74, 6) is -0.880. The first-order valence-corrected chi connectivity index (χ1v) is 9.53. The zero-order valence-corrected chi connectivity index (χ0v) is 16.5. The van der Waals surface area contributed by atoms with Gasteiger partial charge in [0, 0.05) is 12.8 Å². The fourth-order valence-corrected chi connectivity index (χ4v) is 3.34. The van der Waals surface area contributed by atoms with Gasteiger partial charge < -0.3 is 14.4 Å². The van der Waals surface area contributed by atoms with Gasteiger partial charge in [-0.2, -0.15) is 0 Å². The van der Waals surface area contributed by atoms with Crippen LogP contribution in [0.3, 0.4) is 0 Å². The molecule has 1 aliphatic rings. The Morgan fingerprint density at radius 3 is 2.71 bits per heavy atom. The molecule has 1 aliphatic heterocycles. The number of hydrogen-bond donors (Lipinski definition) is 0. The van der Waals surface area contributed by atoms with E-state index in [-0.39, 0.29) is 18.7 Å². The zero-order chi connectivity index (χ0) is 20.2. The molecule has 2 unspecified atom stereocenters. The molecule has 0 aliphatic carbocycles. The Kier molecular flexibility index (Phi) is 8.98. The van der Waals surface area contributed by atoms with Gasteiger partial charge in [0.25, 0.3) is 0 Å². The predicted octanol–water partition coefficient (Wildman–Crippen LogP) is 4.09. The number of benzene rings is 1. The molecule has 1 aromatic carbocycles. The van der Waals surface area contributed by atoms with Crippen molar-refractivity contribution >= 4 is 18.3 Å². The van der Waals surface area contributed by atoms with E-state index in [1.54, 1.807) is 17.2 Å². The standard InChI is InChI=1S/C22H28N2O4/c1-3-4-5-10-15-23-17-28-22(26)24-16-11-9-14-19(24)20(21(25)27-2)18-12-7-6-8-13-18/h3-8,10,12-13,15,19-20H,9,11,14,16-17H2,1-2H3/b4-3-,10-5-,23-15+. The predicted molar refractivity (Wildman–Crippen MR) is 109 cm³/mol. The van der Waals surface area contributed by atoms with Crippen LogP contribution < -0.4 is 0 Å². The molecule has 0 aromatic heterocycles. The van der Waals surface area contributed by atoms with Crippen molar-refractivity contribution in [3.63, 3.8) is 0 Å². The first-order valence-electron chi connectivity index (χ1n) is 9.53. The highest BCUT2D eigenvalue weighted by molar-refractivity contribution is 5.80. The molecule has 6 nitrogen and oxygen atoms in total. The lowest BCUT2D eigenvalue weighted by atomic mass is 9.85. The molecule has 1 aromatic rings. The van der Waals surface area contributed by atoms with Crippen molar-refractivity contribution in [3.8, 4) is 0 Å². The number of esters is 1. The third-order valence-corrected chi connectivity index (χ3v) is 4.65. The van der Waals surface area contributed by atoms with Crippen molar-refractivity contribution in [2.24, 2.45) is 4.99 Å². The van der Waals surface area contributed by atoms with Crippen LogP contribution in [0.1, 0.15) is 37.7 Å². The summed E-state index contributed by atoms with van der Waals surface area (Å²) in [5.41, 5.74) is 0.839. The van der Waals surface area contributed by atoms with E-state index in [0.717, 1.165) is 24.8 Å². The van der Waals surface area contributed by atoms with Gasteiger partial charge in [0.15, 0.2) is 6.73 Å². The van der Waals surface area contributed by atoms with E-state index in [9.17, 15) is 9.59 Å². The van der Waals surface area contributed by atoms with Gasteiger partial charge in [0.1, 0.15) is 5.92 Å². The second kappa shape index (κ2) is 11.7. The minimum atomic E-state index is -0.536. The van der Waals surface area contributed by atoms with Crippen LogP contribution in [0.2, 0.25) is 0 Å². The van der Waals surface area contributed by atoms with Crippen molar-refractivity contribution < 1.29 is 19.1 Å². The molecular weight excluding hydrogens is 356 g/mol.